The molecule has 18 heavy (non-hydrogen) atoms. The highest BCUT2D eigenvalue weighted by molar-refractivity contribution is 5.89. The molecule has 1 atom stereocenters. The number of esters is 1. The summed E-state index contributed by atoms with van der Waals surface area (Å²) >= 11 is 0. The lowest BCUT2D eigenvalue weighted by Gasteiger charge is -2.15. The smallest absolute Gasteiger partial charge is 0.337 e. The van der Waals surface area contributed by atoms with E-state index in [1.54, 1.807) is 19.2 Å². The number of methoxy groups -OCH3 is 2. The van der Waals surface area contributed by atoms with Gasteiger partial charge in [0.1, 0.15) is 0 Å². The molecule has 0 bridgehead atoms. The highest BCUT2D eigenvalue weighted by Gasteiger charge is 2.07. The third-order valence-electron chi connectivity index (χ3n) is 2.56. The van der Waals surface area contributed by atoms with Crippen molar-refractivity contribution in [2.45, 2.75) is 12.6 Å². The number of benzene rings is 1. The van der Waals surface area contributed by atoms with Crippen molar-refractivity contribution in [2.75, 3.05) is 27.4 Å². The van der Waals surface area contributed by atoms with Crippen molar-refractivity contribution in [1.29, 1.82) is 0 Å². The third-order valence-corrected chi connectivity index (χ3v) is 2.56. The van der Waals surface area contributed by atoms with Gasteiger partial charge in [-0.1, -0.05) is 12.1 Å². The van der Waals surface area contributed by atoms with Gasteiger partial charge in [0, 0.05) is 13.7 Å². The molecule has 5 nitrogen and oxygen atoms in total. The van der Waals surface area contributed by atoms with Crippen LogP contribution in [0.5, 0.6) is 0 Å². The number of aliphatic hydroxyl groups excluding tert-OH is 1. The van der Waals surface area contributed by atoms with Gasteiger partial charge in [0.05, 0.1) is 31.9 Å². The summed E-state index contributed by atoms with van der Waals surface area (Å²) in [6.45, 7) is 1.08. The van der Waals surface area contributed by atoms with Gasteiger partial charge in [0.15, 0.2) is 0 Å². The molecule has 100 valence electrons. The number of ether oxygens (including phenoxy) is 2. The Hall–Kier alpha value is -1.43. The van der Waals surface area contributed by atoms with Crippen molar-refractivity contribution in [2.24, 2.45) is 0 Å². The molecule has 0 saturated heterocycles. The second kappa shape index (κ2) is 7.81. The van der Waals surface area contributed by atoms with E-state index in [-0.39, 0.29) is 18.6 Å². The van der Waals surface area contributed by atoms with E-state index in [1.807, 2.05) is 12.1 Å². The molecule has 0 radical (unpaired) electrons. The second-order valence-electron chi connectivity index (χ2n) is 3.90. The number of aliphatic hydroxyl groups is 1. The predicted octanol–water partition coefficient (Wildman–Crippen LogP) is 0.570. The average molecular weight is 253 g/mol. The first-order valence-electron chi connectivity index (χ1n) is 5.71. The predicted molar refractivity (Wildman–Crippen MR) is 67.4 cm³/mol. The zero-order chi connectivity index (χ0) is 13.4. The lowest BCUT2D eigenvalue weighted by Crippen LogP contribution is -2.35. The van der Waals surface area contributed by atoms with Crippen LogP contribution in [0.25, 0.3) is 0 Å². The summed E-state index contributed by atoms with van der Waals surface area (Å²) in [7, 11) is 2.95. The van der Waals surface area contributed by atoms with Crippen molar-refractivity contribution in [3.63, 3.8) is 0 Å². The zero-order valence-corrected chi connectivity index (χ0v) is 10.7. The van der Waals surface area contributed by atoms with Gasteiger partial charge in [-0.05, 0) is 17.7 Å². The quantitative estimate of drug-likeness (QED) is 0.695. The van der Waals surface area contributed by atoms with Crippen LogP contribution in [0.2, 0.25) is 0 Å². The van der Waals surface area contributed by atoms with Crippen LogP contribution in [0, 0.1) is 0 Å². The molecule has 1 aromatic rings. The largest absolute Gasteiger partial charge is 0.465 e. The van der Waals surface area contributed by atoms with Gasteiger partial charge in [-0.2, -0.15) is 0 Å². The maximum Gasteiger partial charge on any atom is 0.337 e. The molecule has 0 fully saturated rings. The first kappa shape index (κ1) is 14.6. The molecule has 1 unspecified atom stereocenters. The Balaban J connectivity index is 2.50. The summed E-state index contributed by atoms with van der Waals surface area (Å²) in [5.74, 6) is -0.345. The minimum Gasteiger partial charge on any atom is -0.465 e. The fraction of sp³-hybridized carbons (Fsp3) is 0.462. The summed E-state index contributed by atoms with van der Waals surface area (Å²) in [6, 6.07) is 7.04. The molecule has 0 aliphatic carbocycles. The Kier molecular flexibility index (Phi) is 6.35. The summed E-state index contributed by atoms with van der Waals surface area (Å²) < 4.78 is 9.58. The second-order valence-corrected chi connectivity index (χ2v) is 3.90. The fourth-order valence-electron chi connectivity index (χ4n) is 1.52. The Labute approximate surface area is 107 Å². The number of carbonyl (C=O) groups excluding carboxylic acids is 1. The first-order chi connectivity index (χ1) is 8.71. The molecule has 2 N–H and O–H groups in total. The Bertz CT molecular complexity index is 364. The van der Waals surface area contributed by atoms with Crippen LogP contribution in [0.1, 0.15) is 15.9 Å². The molecule has 0 heterocycles. The van der Waals surface area contributed by atoms with Crippen molar-refractivity contribution in [1.82, 2.24) is 5.32 Å². The Morgan fingerprint density at radius 2 is 2.00 bits per heavy atom. The van der Waals surface area contributed by atoms with Gasteiger partial charge in [0.25, 0.3) is 0 Å². The first-order valence-corrected chi connectivity index (χ1v) is 5.71. The topological polar surface area (TPSA) is 67.8 Å². The molecular formula is C13H19NO4. The van der Waals surface area contributed by atoms with E-state index in [0.717, 1.165) is 5.56 Å². The van der Waals surface area contributed by atoms with Gasteiger partial charge in [-0.25, -0.2) is 4.79 Å². The maximum atomic E-state index is 11.2. The van der Waals surface area contributed by atoms with Gasteiger partial charge < -0.3 is 19.9 Å². The number of hydrogen-bond donors (Lipinski definition) is 2. The lowest BCUT2D eigenvalue weighted by atomic mass is 10.1. The number of nitrogens with one attached hydrogen (secondary N) is 1. The minimum absolute atomic E-state index is 0.0219. The Morgan fingerprint density at radius 1 is 1.33 bits per heavy atom. The van der Waals surface area contributed by atoms with Crippen LogP contribution in [0.3, 0.4) is 0 Å². The van der Waals surface area contributed by atoms with Crippen LogP contribution in [0.4, 0.5) is 0 Å². The molecular weight excluding hydrogens is 234 g/mol. The van der Waals surface area contributed by atoms with Crippen LogP contribution in [0.15, 0.2) is 24.3 Å². The van der Waals surface area contributed by atoms with Crippen molar-refractivity contribution in [3.05, 3.63) is 35.4 Å². The molecule has 5 heteroatoms. The SMILES string of the molecule is COCC(CO)NCc1ccc(C(=O)OC)cc1. The van der Waals surface area contributed by atoms with Crippen molar-refractivity contribution < 1.29 is 19.4 Å². The van der Waals surface area contributed by atoms with Crippen LogP contribution < -0.4 is 5.32 Å². The van der Waals surface area contributed by atoms with E-state index in [0.29, 0.717) is 18.7 Å². The van der Waals surface area contributed by atoms with Gasteiger partial charge in [-0.3, -0.25) is 0 Å². The standard InChI is InChI=1S/C13H19NO4/c1-17-9-12(8-15)14-7-10-3-5-11(6-4-10)13(16)18-2/h3-6,12,14-15H,7-9H2,1-2H3. The highest BCUT2D eigenvalue weighted by atomic mass is 16.5. The van der Waals surface area contributed by atoms with Gasteiger partial charge in [-0.15, -0.1) is 0 Å². The van der Waals surface area contributed by atoms with Gasteiger partial charge in [0.2, 0.25) is 0 Å². The highest BCUT2D eigenvalue weighted by Crippen LogP contribution is 2.05. The molecule has 0 aliphatic heterocycles. The van der Waals surface area contributed by atoms with E-state index < -0.39 is 0 Å². The molecule has 1 aromatic carbocycles. The van der Waals surface area contributed by atoms with Crippen LogP contribution >= 0.6 is 0 Å². The molecule has 0 aromatic heterocycles. The van der Waals surface area contributed by atoms with Crippen molar-refractivity contribution >= 4 is 5.97 Å². The number of hydrogen-bond acceptors (Lipinski definition) is 5. The molecule has 0 aliphatic rings. The van der Waals surface area contributed by atoms with E-state index in [2.05, 4.69) is 10.1 Å². The minimum atomic E-state index is -0.345. The molecule has 0 saturated carbocycles. The number of carbonyl (C=O) groups is 1. The van der Waals surface area contributed by atoms with E-state index >= 15 is 0 Å². The van der Waals surface area contributed by atoms with Gasteiger partial charge >= 0.3 is 5.97 Å². The fourth-order valence-corrected chi connectivity index (χ4v) is 1.52. The Morgan fingerprint density at radius 3 is 2.50 bits per heavy atom. The third kappa shape index (κ3) is 4.44. The van der Waals surface area contributed by atoms with Crippen molar-refractivity contribution in [3.8, 4) is 0 Å². The van der Waals surface area contributed by atoms with E-state index in [9.17, 15) is 4.79 Å². The van der Waals surface area contributed by atoms with Crippen LogP contribution in [-0.4, -0.2) is 44.6 Å². The summed E-state index contributed by atoms with van der Waals surface area (Å²) in [6.07, 6.45) is 0. The molecule has 1 rings (SSSR count). The molecule has 0 amide bonds. The monoisotopic (exact) mass is 253 g/mol. The number of rotatable bonds is 7. The lowest BCUT2D eigenvalue weighted by molar-refractivity contribution is 0.0600. The van der Waals surface area contributed by atoms with Crippen LogP contribution in [-0.2, 0) is 16.0 Å². The normalized spacial score (nSPS) is 12.2. The van der Waals surface area contributed by atoms with E-state index in [1.165, 1.54) is 7.11 Å². The van der Waals surface area contributed by atoms with E-state index in [4.69, 9.17) is 9.84 Å². The molecule has 0 spiro atoms. The average Bonchev–Trinajstić information content (AvgIpc) is 2.43. The summed E-state index contributed by atoms with van der Waals surface area (Å²) in [5, 5.41) is 12.2. The zero-order valence-electron chi connectivity index (χ0n) is 10.7. The maximum absolute atomic E-state index is 11.2. The summed E-state index contributed by atoms with van der Waals surface area (Å²) in [5.41, 5.74) is 1.55. The summed E-state index contributed by atoms with van der Waals surface area (Å²) in [4.78, 5) is 11.2.